The van der Waals surface area contributed by atoms with Crippen LogP contribution in [0.25, 0.3) is 0 Å². The molecule has 7 heteroatoms. The van der Waals surface area contributed by atoms with Crippen molar-refractivity contribution in [2.45, 2.75) is 38.6 Å². The molecule has 0 unspecified atom stereocenters. The van der Waals surface area contributed by atoms with Gasteiger partial charge in [-0.2, -0.15) is 4.37 Å². The molecule has 1 aromatic rings. The first kappa shape index (κ1) is 14.7. The van der Waals surface area contributed by atoms with Crippen LogP contribution in [0.5, 0.6) is 0 Å². The summed E-state index contributed by atoms with van der Waals surface area (Å²) in [4.78, 5) is 21.3. The average Bonchev–Trinajstić information content (AvgIpc) is 2.81. The van der Waals surface area contributed by atoms with Crippen LogP contribution in [0, 0.1) is 6.92 Å². The summed E-state index contributed by atoms with van der Waals surface area (Å²) in [6, 6.07) is 0.0362. The highest BCUT2D eigenvalue weighted by Gasteiger charge is 2.27. The van der Waals surface area contributed by atoms with Gasteiger partial charge in [0.15, 0.2) is 0 Å². The van der Waals surface area contributed by atoms with Crippen LogP contribution >= 0.6 is 11.5 Å². The Morgan fingerprint density at radius 2 is 2.14 bits per heavy atom. The highest BCUT2D eigenvalue weighted by molar-refractivity contribution is 7.09. The lowest BCUT2D eigenvalue weighted by molar-refractivity contribution is -0.133. The zero-order valence-electron chi connectivity index (χ0n) is 12.5. The number of nitrogens with one attached hydrogen (secondary N) is 1. The monoisotopic (exact) mass is 309 g/mol. The molecule has 2 aliphatic heterocycles. The van der Waals surface area contributed by atoms with Crippen LogP contribution < -0.4 is 10.2 Å². The molecule has 0 radical (unpaired) electrons. The molecule has 1 aromatic heterocycles. The largest absolute Gasteiger partial charge is 0.345 e. The summed E-state index contributed by atoms with van der Waals surface area (Å²) in [6.07, 6.45) is 4.33. The molecule has 21 heavy (non-hydrogen) atoms. The van der Waals surface area contributed by atoms with Crippen molar-refractivity contribution in [2.75, 3.05) is 37.6 Å². The second-order valence-corrected chi connectivity index (χ2v) is 6.52. The van der Waals surface area contributed by atoms with Crippen LogP contribution in [0.4, 0.5) is 5.13 Å². The van der Waals surface area contributed by atoms with E-state index >= 15 is 0 Å². The van der Waals surface area contributed by atoms with E-state index in [4.69, 9.17) is 0 Å². The number of amides is 1. The Morgan fingerprint density at radius 3 is 2.86 bits per heavy atom. The van der Waals surface area contributed by atoms with E-state index in [-0.39, 0.29) is 11.9 Å². The molecular weight excluding hydrogens is 286 g/mol. The molecule has 2 saturated heterocycles. The summed E-state index contributed by atoms with van der Waals surface area (Å²) in [6.45, 7) is 6.34. The Morgan fingerprint density at radius 1 is 1.24 bits per heavy atom. The van der Waals surface area contributed by atoms with Crippen molar-refractivity contribution in [1.82, 2.24) is 19.6 Å². The van der Waals surface area contributed by atoms with Crippen LogP contribution in [-0.2, 0) is 4.79 Å². The number of nitrogens with zero attached hydrogens (tertiary/aromatic N) is 4. The van der Waals surface area contributed by atoms with Gasteiger partial charge in [-0.3, -0.25) is 4.79 Å². The van der Waals surface area contributed by atoms with E-state index in [0.717, 1.165) is 62.9 Å². The summed E-state index contributed by atoms with van der Waals surface area (Å²) in [5.74, 6) is 1.11. The third-order valence-corrected chi connectivity index (χ3v) is 5.07. The van der Waals surface area contributed by atoms with Gasteiger partial charge in [0.1, 0.15) is 5.82 Å². The van der Waals surface area contributed by atoms with Crippen molar-refractivity contribution >= 4 is 22.6 Å². The second kappa shape index (κ2) is 6.70. The van der Waals surface area contributed by atoms with E-state index in [0.29, 0.717) is 0 Å². The molecule has 2 aliphatic rings. The molecule has 3 heterocycles. The first-order valence-electron chi connectivity index (χ1n) is 7.81. The van der Waals surface area contributed by atoms with E-state index in [2.05, 4.69) is 19.6 Å². The Hall–Kier alpha value is -1.21. The topological polar surface area (TPSA) is 61.4 Å². The van der Waals surface area contributed by atoms with Gasteiger partial charge in [0.2, 0.25) is 11.0 Å². The molecule has 0 aromatic carbocycles. The summed E-state index contributed by atoms with van der Waals surface area (Å²) in [5.41, 5.74) is 0. The van der Waals surface area contributed by atoms with Crippen molar-refractivity contribution < 1.29 is 4.79 Å². The smallest absolute Gasteiger partial charge is 0.239 e. The van der Waals surface area contributed by atoms with E-state index in [9.17, 15) is 4.79 Å². The molecule has 1 atom stereocenters. The lowest BCUT2D eigenvalue weighted by atomic mass is 10.0. The third-order valence-electron chi connectivity index (χ3n) is 4.20. The zero-order chi connectivity index (χ0) is 14.7. The minimum atomic E-state index is 0.0362. The van der Waals surface area contributed by atoms with Crippen molar-refractivity contribution in [3.05, 3.63) is 5.82 Å². The first-order valence-corrected chi connectivity index (χ1v) is 8.59. The predicted molar refractivity (Wildman–Crippen MR) is 83.7 cm³/mol. The molecule has 1 amide bonds. The summed E-state index contributed by atoms with van der Waals surface area (Å²) in [5, 5.41) is 4.34. The average molecular weight is 309 g/mol. The van der Waals surface area contributed by atoms with Gasteiger partial charge in [0, 0.05) is 37.7 Å². The van der Waals surface area contributed by atoms with Crippen LogP contribution in [0.3, 0.4) is 0 Å². The lowest BCUT2D eigenvalue weighted by Gasteiger charge is -2.29. The number of aryl methyl sites for hydroxylation is 1. The fourth-order valence-corrected chi connectivity index (χ4v) is 3.75. The predicted octanol–water partition coefficient (Wildman–Crippen LogP) is 1.03. The Kier molecular flexibility index (Phi) is 4.70. The maximum Gasteiger partial charge on any atom is 0.239 e. The van der Waals surface area contributed by atoms with Crippen molar-refractivity contribution in [1.29, 1.82) is 0 Å². The summed E-state index contributed by atoms with van der Waals surface area (Å²) < 4.78 is 4.25. The number of hydrogen-bond acceptors (Lipinski definition) is 6. The maximum absolute atomic E-state index is 12.6. The van der Waals surface area contributed by atoms with Gasteiger partial charge in [0.25, 0.3) is 0 Å². The first-order chi connectivity index (χ1) is 10.2. The fourth-order valence-electron chi connectivity index (χ4n) is 3.03. The molecule has 0 saturated carbocycles. The van der Waals surface area contributed by atoms with E-state index in [1.54, 1.807) is 0 Å². The summed E-state index contributed by atoms with van der Waals surface area (Å²) >= 11 is 1.45. The molecule has 0 aliphatic carbocycles. The number of hydrogen-bond donors (Lipinski definition) is 1. The number of piperidine rings is 1. The van der Waals surface area contributed by atoms with E-state index < -0.39 is 0 Å². The molecular formula is C14H23N5OS. The SMILES string of the molecule is Cc1nsc(N2CCCN(C(=O)[C@H]3CCCCN3)CC2)n1. The third kappa shape index (κ3) is 3.52. The van der Waals surface area contributed by atoms with Gasteiger partial charge in [-0.15, -0.1) is 0 Å². The van der Waals surface area contributed by atoms with Crippen molar-refractivity contribution in [2.24, 2.45) is 0 Å². The molecule has 6 nitrogen and oxygen atoms in total. The van der Waals surface area contributed by atoms with Crippen molar-refractivity contribution in [3.63, 3.8) is 0 Å². The minimum Gasteiger partial charge on any atom is -0.345 e. The van der Waals surface area contributed by atoms with Gasteiger partial charge in [-0.05, 0) is 32.7 Å². The molecule has 2 fully saturated rings. The Labute approximate surface area is 129 Å². The molecule has 0 spiro atoms. The highest BCUT2D eigenvalue weighted by atomic mass is 32.1. The number of aromatic nitrogens is 2. The molecule has 1 N–H and O–H groups in total. The van der Waals surface area contributed by atoms with Gasteiger partial charge in [0.05, 0.1) is 6.04 Å². The molecule has 3 rings (SSSR count). The standard InChI is InChI=1S/C14H23N5OS/c1-11-16-14(21-17-11)19-8-4-7-18(9-10-19)13(20)12-5-2-3-6-15-12/h12,15H,2-10H2,1H3/t12-/m1/s1. The van der Waals surface area contributed by atoms with Gasteiger partial charge >= 0.3 is 0 Å². The minimum absolute atomic E-state index is 0.0362. The number of carbonyl (C=O) groups is 1. The summed E-state index contributed by atoms with van der Waals surface area (Å²) in [7, 11) is 0. The highest BCUT2D eigenvalue weighted by Crippen LogP contribution is 2.19. The lowest BCUT2D eigenvalue weighted by Crippen LogP contribution is -2.49. The van der Waals surface area contributed by atoms with Crippen LogP contribution in [-0.4, -0.2) is 58.9 Å². The van der Waals surface area contributed by atoms with Crippen LogP contribution in [0.1, 0.15) is 31.5 Å². The van der Waals surface area contributed by atoms with Crippen LogP contribution in [0.2, 0.25) is 0 Å². The van der Waals surface area contributed by atoms with E-state index in [1.165, 1.54) is 18.0 Å². The van der Waals surface area contributed by atoms with Gasteiger partial charge in [-0.25, -0.2) is 4.98 Å². The van der Waals surface area contributed by atoms with Crippen molar-refractivity contribution in [3.8, 4) is 0 Å². The Bertz CT molecular complexity index is 485. The normalized spacial score (nSPS) is 24.0. The quantitative estimate of drug-likeness (QED) is 0.884. The van der Waals surface area contributed by atoms with Crippen LogP contribution in [0.15, 0.2) is 0 Å². The second-order valence-electron chi connectivity index (χ2n) is 5.79. The number of anilines is 1. The number of rotatable bonds is 2. The number of carbonyl (C=O) groups excluding carboxylic acids is 1. The maximum atomic E-state index is 12.6. The van der Waals surface area contributed by atoms with Gasteiger partial charge in [-0.1, -0.05) is 6.42 Å². The molecule has 116 valence electrons. The van der Waals surface area contributed by atoms with Gasteiger partial charge < -0.3 is 15.1 Å². The molecule has 0 bridgehead atoms. The fraction of sp³-hybridized carbons (Fsp3) is 0.786. The zero-order valence-corrected chi connectivity index (χ0v) is 13.4. The Balaban J connectivity index is 1.58. The van der Waals surface area contributed by atoms with E-state index in [1.807, 2.05) is 11.8 Å².